The van der Waals surface area contributed by atoms with E-state index < -0.39 is 18.0 Å². The van der Waals surface area contributed by atoms with Crippen LogP contribution in [-0.4, -0.2) is 3.26 Å². The van der Waals surface area contributed by atoms with Crippen molar-refractivity contribution in [3.63, 3.8) is 0 Å². The van der Waals surface area contributed by atoms with Gasteiger partial charge in [0.15, 0.2) is 0 Å². The molecule has 0 fully saturated rings. The van der Waals surface area contributed by atoms with Crippen molar-refractivity contribution < 1.29 is 18.0 Å². The van der Waals surface area contributed by atoms with Gasteiger partial charge in [0.05, 0.1) is 0 Å². The van der Waals surface area contributed by atoms with E-state index in [1.807, 2.05) is 0 Å². The summed E-state index contributed by atoms with van der Waals surface area (Å²) < 4.78 is 10.4. The Balaban J connectivity index is 2.65. The second-order valence-corrected chi connectivity index (χ2v) is 31.3. The van der Waals surface area contributed by atoms with Crippen LogP contribution in [0, 0.1) is 0 Å². The molecule has 2 aliphatic carbocycles. The molecule has 0 aromatic carbocycles. The number of rotatable bonds is 2. The second kappa shape index (κ2) is 3.87. The summed E-state index contributed by atoms with van der Waals surface area (Å²) in [6.45, 7) is 4.71. The molecule has 2 rings (SSSR count). The Labute approximate surface area is 100 Å². The summed E-state index contributed by atoms with van der Waals surface area (Å²) in [5.74, 6) is 0. The topological polar surface area (TPSA) is 0 Å². The number of hydrogen-bond acceptors (Lipinski definition) is 0. The van der Waals surface area contributed by atoms with Crippen molar-refractivity contribution in [3.8, 4) is 0 Å². The van der Waals surface area contributed by atoms with Crippen LogP contribution in [-0.2, 0) is 18.0 Å². The molecule has 0 atom stereocenters. The SMILES string of the molecule is C[C](C)=[Hf]([CH3])([CH3])([C]1=CC=CC1)[C]1=CC=CC1. The Morgan fingerprint density at radius 2 is 1.38 bits per heavy atom. The first-order valence-corrected chi connectivity index (χ1v) is 18.8. The summed E-state index contributed by atoms with van der Waals surface area (Å²) in [7, 11) is 0. The zero-order valence-corrected chi connectivity index (χ0v) is 14.5. The van der Waals surface area contributed by atoms with Crippen LogP contribution < -0.4 is 0 Å². The molecule has 0 saturated carbocycles. The standard InChI is InChI=1S/2C5H5.C3H6.2CH3.Hf/c2*1-2-4-5-3-1;1-3-2;;;/h2*1-3H,4H2;1-2H3;2*1H3;. The Kier molecular flexibility index (Phi) is 2.94. The van der Waals surface area contributed by atoms with Crippen molar-refractivity contribution >= 4 is 3.26 Å². The number of allylic oxidation sites excluding steroid dienone is 8. The predicted octanol–water partition coefficient (Wildman–Crippen LogP) is 4.67. The molecule has 0 spiro atoms. The second-order valence-electron chi connectivity index (χ2n) is 6.02. The van der Waals surface area contributed by atoms with Gasteiger partial charge in [0, 0.05) is 0 Å². The van der Waals surface area contributed by atoms with Gasteiger partial charge in [-0.1, -0.05) is 0 Å². The van der Waals surface area contributed by atoms with Gasteiger partial charge in [0.2, 0.25) is 0 Å². The molecule has 0 N–H and O–H groups in total. The number of hydrogen-bond donors (Lipinski definition) is 0. The zero-order chi connectivity index (χ0) is 11.8. The summed E-state index contributed by atoms with van der Waals surface area (Å²) in [4.78, 5) is 0. The first kappa shape index (κ1) is 12.2. The van der Waals surface area contributed by atoms with Crippen LogP contribution >= 0.6 is 0 Å². The van der Waals surface area contributed by atoms with E-state index in [0.717, 1.165) is 0 Å². The first-order valence-electron chi connectivity index (χ1n) is 6.18. The van der Waals surface area contributed by atoms with Crippen molar-refractivity contribution in [1.82, 2.24) is 0 Å². The van der Waals surface area contributed by atoms with Crippen LogP contribution in [0.3, 0.4) is 0 Å². The summed E-state index contributed by atoms with van der Waals surface area (Å²) in [5, 5.41) is 0. The molecule has 0 aromatic rings. The van der Waals surface area contributed by atoms with Crippen molar-refractivity contribution in [2.45, 2.75) is 36.0 Å². The summed E-state index contributed by atoms with van der Waals surface area (Å²) in [5.41, 5.74) is 0. The molecule has 16 heavy (non-hydrogen) atoms. The van der Waals surface area contributed by atoms with E-state index in [0.29, 0.717) is 0 Å². The Morgan fingerprint density at radius 1 is 0.938 bits per heavy atom. The van der Waals surface area contributed by atoms with Gasteiger partial charge in [-0.25, -0.2) is 0 Å². The molecule has 0 aromatic heterocycles. The van der Waals surface area contributed by atoms with E-state index in [9.17, 15) is 0 Å². The quantitative estimate of drug-likeness (QED) is 0.611. The van der Waals surface area contributed by atoms with Gasteiger partial charge >= 0.3 is 100 Å². The molecular weight excluding hydrogens is 359 g/mol. The zero-order valence-electron chi connectivity index (χ0n) is 10.9. The van der Waals surface area contributed by atoms with E-state index in [4.69, 9.17) is 0 Å². The Bertz CT molecular complexity index is 462. The third-order valence-corrected chi connectivity index (χ3v) is 32.3. The average Bonchev–Trinajstić information content (AvgIpc) is 2.92. The fraction of sp³-hybridized carbons (Fsp3) is 0.400. The summed E-state index contributed by atoms with van der Waals surface area (Å²) in [6, 6.07) is 0. The molecule has 0 unspecified atom stereocenters. The van der Waals surface area contributed by atoms with E-state index in [1.165, 1.54) is 12.8 Å². The van der Waals surface area contributed by atoms with Crippen molar-refractivity contribution in [2.75, 3.05) is 0 Å². The maximum absolute atomic E-state index is 3.06. The third-order valence-electron chi connectivity index (χ3n) is 4.97. The molecular formula is C15H22Hf. The van der Waals surface area contributed by atoms with Gasteiger partial charge in [0.25, 0.3) is 0 Å². The molecule has 0 amide bonds. The fourth-order valence-corrected chi connectivity index (χ4v) is 18.5. The van der Waals surface area contributed by atoms with Crippen LogP contribution in [0.4, 0.5) is 0 Å². The van der Waals surface area contributed by atoms with Gasteiger partial charge in [0.1, 0.15) is 0 Å². The Hall–Kier alpha value is -0.300. The van der Waals surface area contributed by atoms with Gasteiger partial charge in [-0.2, -0.15) is 0 Å². The molecule has 0 heterocycles. The van der Waals surface area contributed by atoms with Crippen molar-refractivity contribution in [2.24, 2.45) is 0 Å². The van der Waals surface area contributed by atoms with E-state index in [2.05, 4.69) is 59.7 Å². The minimum absolute atomic E-state index is 1.19. The minimum atomic E-state index is -3.06. The summed E-state index contributed by atoms with van der Waals surface area (Å²) >= 11 is -3.06. The van der Waals surface area contributed by atoms with E-state index >= 15 is 0 Å². The van der Waals surface area contributed by atoms with E-state index in [-0.39, 0.29) is 0 Å². The monoisotopic (exact) mass is 382 g/mol. The van der Waals surface area contributed by atoms with Crippen LogP contribution in [0.25, 0.3) is 0 Å². The van der Waals surface area contributed by atoms with Crippen molar-refractivity contribution in [1.29, 1.82) is 0 Å². The van der Waals surface area contributed by atoms with Gasteiger partial charge in [-0.3, -0.25) is 0 Å². The van der Waals surface area contributed by atoms with Crippen LogP contribution in [0.1, 0.15) is 26.7 Å². The molecule has 0 nitrogen and oxygen atoms in total. The third kappa shape index (κ3) is 1.55. The molecule has 0 bridgehead atoms. The van der Waals surface area contributed by atoms with Gasteiger partial charge in [-0.05, 0) is 0 Å². The molecule has 0 aliphatic heterocycles. The molecule has 0 saturated heterocycles. The molecule has 1 heteroatoms. The maximum atomic E-state index is 2.60. The molecule has 86 valence electrons. The Morgan fingerprint density at radius 3 is 1.62 bits per heavy atom. The van der Waals surface area contributed by atoms with Gasteiger partial charge in [-0.15, -0.1) is 0 Å². The van der Waals surface area contributed by atoms with Crippen LogP contribution in [0.15, 0.2) is 43.1 Å². The van der Waals surface area contributed by atoms with Crippen molar-refractivity contribution in [3.05, 3.63) is 43.1 Å². The normalized spacial score (nSPS) is 20.1. The van der Waals surface area contributed by atoms with Gasteiger partial charge < -0.3 is 0 Å². The van der Waals surface area contributed by atoms with E-state index in [1.54, 1.807) is 9.91 Å². The first-order chi connectivity index (χ1) is 7.46. The van der Waals surface area contributed by atoms with Crippen LogP contribution in [0.2, 0.25) is 9.36 Å². The average molecular weight is 381 g/mol. The fourth-order valence-electron chi connectivity index (χ4n) is 2.86. The predicted molar refractivity (Wildman–Crippen MR) is 71.8 cm³/mol. The molecule has 2 aliphatic rings. The molecule has 0 radical (unpaired) electrons. The summed E-state index contributed by atoms with van der Waals surface area (Å²) in [6.07, 6.45) is 16.3. The van der Waals surface area contributed by atoms with Crippen LogP contribution in [0.5, 0.6) is 0 Å².